The topological polar surface area (TPSA) is 87.7 Å². The van der Waals surface area contributed by atoms with Crippen LogP contribution in [0.2, 0.25) is 5.02 Å². The zero-order valence-electron chi connectivity index (χ0n) is 19.5. The van der Waals surface area contributed by atoms with Gasteiger partial charge in [-0.05, 0) is 74.5 Å². The van der Waals surface area contributed by atoms with Gasteiger partial charge >= 0.3 is 0 Å². The van der Waals surface area contributed by atoms with Gasteiger partial charge in [0.1, 0.15) is 5.75 Å². The zero-order valence-corrected chi connectivity index (χ0v) is 20.2. The number of ether oxygens (including phenoxy) is 1. The monoisotopic (exact) mass is 491 g/mol. The summed E-state index contributed by atoms with van der Waals surface area (Å²) in [4.78, 5) is 40.1. The van der Waals surface area contributed by atoms with Crippen LogP contribution < -0.4 is 20.3 Å². The first kappa shape index (κ1) is 24.3. The van der Waals surface area contributed by atoms with Gasteiger partial charge in [0.2, 0.25) is 11.8 Å². The molecule has 3 amide bonds. The molecule has 180 valence electrons. The number of carbonyl (C=O) groups excluding carboxylic acids is 3. The molecule has 1 atom stereocenters. The van der Waals surface area contributed by atoms with E-state index in [4.69, 9.17) is 16.3 Å². The van der Waals surface area contributed by atoms with Crippen LogP contribution in [0.15, 0.2) is 72.8 Å². The Morgan fingerprint density at radius 1 is 0.971 bits per heavy atom. The average molecular weight is 492 g/mol. The molecule has 1 aliphatic heterocycles. The van der Waals surface area contributed by atoms with Crippen LogP contribution in [0.3, 0.4) is 0 Å². The minimum atomic E-state index is -0.540. The summed E-state index contributed by atoms with van der Waals surface area (Å²) in [6, 6.07) is 20.8. The van der Waals surface area contributed by atoms with Gasteiger partial charge in [0, 0.05) is 29.4 Å². The first-order chi connectivity index (χ1) is 16.8. The van der Waals surface area contributed by atoms with Crippen molar-refractivity contribution in [3.8, 4) is 5.75 Å². The van der Waals surface area contributed by atoms with E-state index in [0.717, 1.165) is 5.75 Å². The van der Waals surface area contributed by atoms with Crippen LogP contribution in [0.25, 0.3) is 0 Å². The maximum atomic E-state index is 13.0. The molecule has 7 nitrogen and oxygen atoms in total. The van der Waals surface area contributed by atoms with E-state index in [2.05, 4.69) is 10.6 Å². The van der Waals surface area contributed by atoms with E-state index in [-0.39, 0.29) is 36.8 Å². The number of para-hydroxylation sites is 1. The number of halogens is 1. The summed E-state index contributed by atoms with van der Waals surface area (Å²) in [5, 5.41) is 6.20. The van der Waals surface area contributed by atoms with Crippen molar-refractivity contribution in [3.63, 3.8) is 0 Å². The molecule has 0 saturated carbocycles. The van der Waals surface area contributed by atoms with Crippen molar-refractivity contribution in [1.82, 2.24) is 0 Å². The second-order valence-electron chi connectivity index (χ2n) is 8.56. The van der Waals surface area contributed by atoms with E-state index >= 15 is 0 Å². The average Bonchev–Trinajstić information content (AvgIpc) is 3.23. The number of benzene rings is 3. The van der Waals surface area contributed by atoms with Crippen LogP contribution in [0, 0.1) is 5.92 Å². The molecule has 1 fully saturated rings. The second kappa shape index (κ2) is 10.6. The molecule has 0 bridgehead atoms. The maximum Gasteiger partial charge on any atom is 0.257 e. The van der Waals surface area contributed by atoms with Crippen molar-refractivity contribution >= 4 is 46.4 Å². The van der Waals surface area contributed by atoms with Gasteiger partial charge in [0.15, 0.2) is 0 Å². The zero-order chi connectivity index (χ0) is 24.9. The highest BCUT2D eigenvalue weighted by molar-refractivity contribution is 6.30. The molecule has 3 aromatic carbocycles. The van der Waals surface area contributed by atoms with Gasteiger partial charge < -0.3 is 20.3 Å². The summed E-state index contributed by atoms with van der Waals surface area (Å²) in [6.45, 7) is 4.15. The number of carbonyl (C=O) groups is 3. The lowest BCUT2D eigenvalue weighted by Gasteiger charge is -2.18. The highest BCUT2D eigenvalue weighted by Crippen LogP contribution is 2.28. The fourth-order valence-electron chi connectivity index (χ4n) is 3.87. The van der Waals surface area contributed by atoms with Gasteiger partial charge in [0.25, 0.3) is 5.91 Å². The van der Waals surface area contributed by atoms with Gasteiger partial charge in [0.05, 0.1) is 23.3 Å². The summed E-state index contributed by atoms with van der Waals surface area (Å²) in [5.74, 6) is -0.625. The Morgan fingerprint density at radius 2 is 1.66 bits per heavy atom. The summed E-state index contributed by atoms with van der Waals surface area (Å²) < 4.78 is 5.65. The normalized spacial score (nSPS) is 15.3. The molecule has 4 rings (SSSR count). The minimum Gasteiger partial charge on any atom is -0.491 e. The highest BCUT2D eigenvalue weighted by atomic mass is 35.5. The Morgan fingerprint density at radius 3 is 2.34 bits per heavy atom. The van der Waals surface area contributed by atoms with E-state index in [0.29, 0.717) is 27.6 Å². The number of anilines is 3. The molecule has 0 spiro atoms. The summed E-state index contributed by atoms with van der Waals surface area (Å²) >= 11 is 5.90. The van der Waals surface area contributed by atoms with E-state index in [1.165, 1.54) is 0 Å². The van der Waals surface area contributed by atoms with E-state index < -0.39 is 5.92 Å². The number of hydrogen-bond acceptors (Lipinski definition) is 4. The van der Waals surface area contributed by atoms with Crippen molar-refractivity contribution in [3.05, 3.63) is 83.4 Å². The van der Waals surface area contributed by atoms with Crippen molar-refractivity contribution in [2.75, 3.05) is 22.1 Å². The van der Waals surface area contributed by atoms with Gasteiger partial charge in [-0.3, -0.25) is 14.4 Å². The SMILES string of the molecule is CC(C)Oc1ccc(N2CC(C(=O)Nc3ccccc3C(=O)Nc3ccc(Cl)cc3)CC2=O)cc1. The van der Waals surface area contributed by atoms with Crippen LogP contribution >= 0.6 is 11.6 Å². The summed E-state index contributed by atoms with van der Waals surface area (Å²) in [7, 11) is 0. The van der Waals surface area contributed by atoms with Crippen LogP contribution in [-0.2, 0) is 9.59 Å². The molecule has 1 heterocycles. The number of amides is 3. The molecule has 0 radical (unpaired) electrons. The molecule has 0 aromatic heterocycles. The standard InChI is InChI=1S/C27H26ClN3O4/c1-17(2)35-22-13-11-21(12-14-22)31-16-18(15-25(31)32)26(33)30-24-6-4-3-5-23(24)27(34)29-20-9-7-19(28)8-10-20/h3-14,17-18H,15-16H2,1-2H3,(H,29,34)(H,30,33). The number of rotatable bonds is 7. The van der Waals surface area contributed by atoms with Gasteiger partial charge in [-0.25, -0.2) is 0 Å². The second-order valence-corrected chi connectivity index (χ2v) is 9.00. The lowest BCUT2D eigenvalue weighted by Crippen LogP contribution is -2.28. The first-order valence-corrected chi connectivity index (χ1v) is 11.7. The molecule has 3 aromatic rings. The molecule has 1 saturated heterocycles. The van der Waals surface area contributed by atoms with Crippen LogP contribution in [0.4, 0.5) is 17.1 Å². The predicted molar refractivity (Wildman–Crippen MR) is 137 cm³/mol. The molecule has 1 unspecified atom stereocenters. The molecule has 2 N–H and O–H groups in total. The van der Waals surface area contributed by atoms with Crippen LogP contribution in [0.5, 0.6) is 5.75 Å². The fraction of sp³-hybridized carbons (Fsp3) is 0.222. The third kappa shape index (κ3) is 6.00. The van der Waals surface area contributed by atoms with Gasteiger partial charge in [-0.1, -0.05) is 23.7 Å². The molecular weight excluding hydrogens is 466 g/mol. The third-order valence-corrected chi connectivity index (χ3v) is 5.80. The quantitative estimate of drug-likeness (QED) is 0.465. The van der Waals surface area contributed by atoms with Crippen molar-refractivity contribution < 1.29 is 19.1 Å². The smallest absolute Gasteiger partial charge is 0.257 e. The molecule has 8 heteroatoms. The Balaban J connectivity index is 1.42. The van der Waals surface area contributed by atoms with E-state index in [1.54, 1.807) is 53.4 Å². The van der Waals surface area contributed by atoms with Gasteiger partial charge in [-0.15, -0.1) is 0 Å². The Labute approximate surface area is 209 Å². The lowest BCUT2D eigenvalue weighted by atomic mass is 10.1. The number of nitrogens with zero attached hydrogens (tertiary/aromatic N) is 1. The van der Waals surface area contributed by atoms with E-state index in [9.17, 15) is 14.4 Å². The largest absolute Gasteiger partial charge is 0.491 e. The van der Waals surface area contributed by atoms with Crippen molar-refractivity contribution in [2.24, 2.45) is 5.92 Å². The minimum absolute atomic E-state index is 0.0542. The molecule has 1 aliphatic rings. The number of nitrogens with one attached hydrogen (secondary N) is 2. The van der Waals surface area contributed by atoms with Crippen LogP contribution in [-0.4, -0.2) is 30.4 Å². The van der Waals surface area contributed by atoms with Crippen molar-refractivity contribution in [1.29, 1.82) is 0 Å². The molecule has 35 heavy (non-hydrogen) atoms. The lowest BCUT2D eigenvalue weighted by molar-refractivity contribution is -0.122. The Kier molecular flexibility index (Phi) is 7.36. The molecular formula is C27H26ClN3O4. The predicted octanol–water partition coefficient (Wildman–Crippen LogP) is 5.37. The summed E-state index contributed by atoms with van der Waals surface area (Å²) in [6.07, 6.45) is 0.147. The summed E-state index contributed by atoms with van der Waals surface area (Å²) in [5.41, 5.74) is 1.99. The Hall–Kier alpha value is -3.84. The van der Waals surface area contributed by atoms with Crippen molar-refractivity contribution in [2.45, 2.75) is 26.4 Å². The maximum absolute atomic E-state index is 13.0. The highest BCUT2D eigenvalue weighted by Gasteiger charge is 2.35. The molecule has 0 aliphatic carbocycles. The van der Waals surface area contributed by atoms with Crippen LogP contribution in [0.1, 0.15) is 30.6 Å². The van der Waals surface area contributed by atoms with Gasteiger partial charge in [-0.2, -0.15) is 0 Å². The third-order valence-electron chi connectivity index (χ3n) is 5.55. The van der Waals surface area contributed by atoms with E-state index in [1.807, 2.05) is 38.1 Å². The number of hydrogen-bond donors (Lipinski definition) is 2. The first-order valence-electron chi connectivity index (χ1n) is 11.3. The Bertz CT molecular complexity index is 1230. The fourth-order valence-corrected chi connectivity index (χ4v) is 3.99.